The van der Waals surface area contributed by atoms with Gasteiger partial charge in [-0.3, -0.25) is 9.59 Å². The second kappa shape index (κ2) is 3.90. The van der Waals surface area contributed by atoms with Gasteiger partial charge in [-0.05, 0) is 12.1 Å². The molecule has 0 fully saturated rings. The van der Waals surface area contributed by atoms with E-state index in [9.17, 15) is 9.59 Å². The number of carbonyl (C=O) groups is 2. The Balaban J connectivity index is 2.38. The van der Waals surface area contributed by atoms with Gasteiger partial charge in [-0.25, -0.2) is 10.0 Å². The summed E-state index contributed by atoms with van der Waals surface area (Å²) in [4.78, 5) is 23.9. The van der Waals surface area contributed by atoms with Crippen LogP contribution in [0.3, 0.4) is 0 Å². The van der Waals surface area contributed by atoms with Gasteiger partial charge in [-0.15, -0.1) is 6.58 Å². The number of hydrogen-bond donors (Lipinski definition) is 0. The van der Waals surface area contributed by atoms with Crippen LogP contribution in [0, 0.1) is 0 Å². The van der Waals surface area contributed by atoms with Crippen molar-refractivity contribution in [2.45, 2.75) is 0 Å². The molecule has 1 aliphatic heterocycles. The topological polar surface area (TPSA) is 40.6 Å². The van der Waals surface area contributed by atoms with E-state index in [0.29, 0.717) is 17.7 Å². The summed E-state index contributed by atoms with van der Waals surface area (Å²) in [5, 5.41) is 2.70. The Hall–Kier alpha value is -1.94. The highest BCUT2D eigenvalue weighted by Crippen LogP contribution is 2.23. The van der Waals surface area contributed by atoms with Crippen LogP contribution >= 0.6 is 0 Å². The smallest absolute Gasteiger partial charge is 0.267 e. The van der Waals surface area contributed by atoms with Gasteiger partial charge in [-0.2, -0.15) is 0 Å². The predicted octanol–water partition coefficient (Wildman–Crippen LogP) is 1.32. The number of carbonyl (C=O) groups excluding carboxylic acids is 2. The van der Waals surface area contributed by atoms with Crippen LogP contribution in [0.15, 0.2) is 36.9 Å². The average molecular weight is 216 g/mol. The maximum atomic E-state index is 12.0. The Kier molecular flexibility index (Phi) is 2.58. The first-order valence-corrected chi connectivity index (χ1v) is 4.96. The van der Waals surface area contributed by atoms with E-state index in [-0.39, 0.29) is 11.8 Å². The SMILES string of the molecule is C=CCN(C)N1C(=O)c2ccccc2C1=O. The first kappa shape index (κ1) is 10.6. The molecule has 0 spiro atoms. The molecule has 2 amide bonds. The third-order valence-corrected chi connectivity index (χ3v) is 2.51. The molecule has 2 rings (SSSR count). The second-order valence-electron chi connectivity index (χ2n) is 3.60. The first-order chi connectivity index (χ1) is 7.66. The third-order valence-electron chi connectivity index (χ3n) is 2.51. The van der Waals surface area contributed by atoms with Crippen molar-refractivity contribution in [3.05, 3.63) is 48.0 Å². The number of likely N-dealkylation sites (N-methyl/N-ethyl adjacent to an activating group) is 1. The molecule has 4 heteroatoms. The van der Waals surface area contributed by atoms with Crippen LogP contribution in [-0.2, 0) is 0 Å². The van der Waals surface area contributed by atoms with Crippen LogP contribution in [0.4, 0.5) is 0 Å². The van der Waals surface area contributed by atoms with E-state index in [1.807, 2.05) is 0 Å². The monoisotopic (exact) mass is 216 g/mol. The van der Waals surface area contributed by atoms with Crippen molar-refractivity contribution in [3.63, 3.8) is 0 Å². The molecule has 0 aromatic heterocycles. The standard InChI is InChI=1S/C12H12N2O2/c1-3-8-13(2)14-11(15)9-6-4-5-7-10(9)12(14)16/h3-7H,1,8H2,2H3. The molecule has 1 aliphatic rings. The maximum absolute atomic E-state index is 12.0. The lowest BCUT2D eigenvalue weighted by atomic mass is 10.1. The van der Waals surface area contributed by atoms with E-state index in [4.69, 9.17) is 0 Å². The summed E-state index contributed by atoms with van der Waals surface area (Å²) in [6, 6.07) is 6.83. The summed E-state index contributed by atoms with van der Waals surface area (Å²) >= 11 is 0. The highest BCUT2D eigenvalue weighted by molar-refractivity contribution is 6.20. The molecule has 0 N–H and O–H groups in total. The molecule has 82 valence electrons. The Morgan fingerprint density at radius 2 is 1.75 bits per heavy atom. The van der Waals surface area contributed by atoms with E-state index in [2.05, 4.69) is 6.58 Å². The Morgan fingerprint density at radius 3 is 2.19 bits per heavy atom. The number of imide groups is 1. The molecule has 1 aromatic carbocycles. The lowest BCUT2D eigenvalue weighted by Crippen LogP contribution is -2.43. The summed E-state index contributed by atoms with van der Waals surface area (Å²) < 4.78 is 0. The fourth-order valence-electron chi connectivity index (χ4n) is 1.76. The van der Waals surface area contributed by atoms with Crippen molar-refractivity contribution in [3.8, 4) is 0 Å². The number of fused-ring (bicyclic) bond motifs is 1. The minimum Gasteiger partial charge on any atom is -0.267 e. The van der Waals surface area contributed by atoms with Crippen LogP contribution in [-0.4, -0.2) is 35.4 Å². The second-order valence-corrected chi connectivity index (χ2v) is 3.60. The van der Waals surface area contributed by atoms with E-state index >= 15 is 0 Å². The fourth-order valence-corrected chi connectivity index (χ4v) is 1.76. The molecule has 0 saturated carbocycles. The molecule has 4 nitrogen and oxygen atoms in total. The highest BCUT2D eigenvalue weighted by Gasteiger charge is 2.37. The minimum absolute atomic E-state index is 0.273. The third kappa shape index (κ3) is 1.44. The molecule has 0 saturated heterocycles. The lowest BCUT2D eigenvalue weighted by molar-refractivity contribution is 0.0180. The molecule has 1 heterocycles. The van der Waals surface area contributed by atoms with Crippen LogP contribution in [0.2, 0.25) is 0 Å². The molecule has 1 aromatic rings. The molecule has 0 unspecified atom stereocenters. The van der Waals surface area contributed by atoms with Gasteiger partial charge in [0, 0.05) is 13.6 Å². The van der Waals surface area contributed by atoms with Gasteiger partial charge in [0.2, 0.25) is 0 Å². The van der Waals surface area contributed by atoms with Gasteiger partial charge in [0.05, 0.1) is 11.1 Å². The van der Waals surface area contributed by atoms with Crippen molar-refractivity contribution < 1.29 is 9.59 Å². The zero-order valence-corrected chi connectivity index (χ0v) is 9.01. The Labute approximate surface area is 93.7 Å². The van der Waals surface area contributed by atoms with E-state index in [1.165, 1.54) is 0 Å². The van der Waals surface area contributed by atoms with Crippen molar-refractivity contribution in [1.82, 2.24) is 10.0 Å². The Bertz CT molecular complexity index is 433. The summed E-state index contributed by atoms with van der Waals surface area (Å²) in [5.41, 5.74) is 0.923. The number of hydrazine groups is 1. The average Bonchev–Trinajstić information content (AvgIpc) is 2.53. The zero-order valence-electron chi connectivity index (χ0n) is 9.01. The van der Waals surface area contributed by atoms with E-state index in [0.717, 1.165) is 5.01 Å². The number of amides is 2. The first-order valence-electron chi connectivity index (χ1n) is 4.96. The largest absolute Gasteiger partial charge is 0.276 e. The number of benzene rings is 1. The van der Waals surface area contributed by atoms with Gasteiger partial charge in [-0.1, -0.05) is 18.2 Å². The van der Waals surface area contributed by atoms with E-state index < -0.39 is 0 Å². The summed E-state index contributed by atoms with van der Waals surface area (Å²) in [7, 11) is 1.68. The number of hydrogen-bond acceptors (Lipinski definition) is 3. The summed E-state index contributed by atoms with van der Waals surface area (Å²) in [6.45, 7) is 4.03. The van der Waals surface area contributed by atoms with Crippen molar-refractivity contribution in [2.75, 3.05) is 13.6 Å². The number of rotatable bonds is 3. The van der Waals surface area contributed by atoms with Gasteiger partial charge in [0.25, 0.3) is 11.8 Å². The van der Waals surface area contributed by atoms with Gasteiger partial charge >= 0.3 is 0 Å². The molecular weight excluding hydrogens is 204 g/mol. The van der Waals surface area contributed by atoms with Gasteiger partial charge in [0.15, 0.2) is 0 Å². The molecule has 0 bridgehead atoms. The maximum Gasteiger partial charge on any atom is 0.276 e. The molecule has 0 aliphatic carbocycles. The van der Waals surface area contributed by atoms with Gasteiger partial charge in [0.1, 0.15) is 0 Å². The van der Waals surface area contributed by atoms with Crippen LogP contribution in [0.25, 0.3) is 0 Å². The normalized spacial score (nSPS) is 14.5. The van der Waals surface area contributed by atoms with Crippen molar-refractivity contribution in [1.29, 1.82) is 0 Å². The molecule has 0 atom stereocenters. The quantitative estimate of drug-likeness (QED) is 0.565. The molecule has 0 radical (unpaired) electrons. The van der Waals surface area contributed by atoms with Crippen LogP contribution in [0.5, 0.6) is 0 Å². The lowest BCUT2D eigenvalue weighted by Gasteiger charge is -2.24. The van der Waals surface area contributed by atoms with E-state index in [1.54, 1.807) is 42.4 Å². The van der Waals surface area contributed by atoms with Gasteiger partial charge < -0.3 is 0 Å². The minimum atomic E-state index is -0.273. The van der Waals surface area contributed by atoms with Crippen molar-refractivity contribution >= 4 is 11.8 Å². The molecule has 16 heavy (non-hydrogen) atoms. The summed E-state index contributed by atoms with van der Waals surface area (Å²) in [5.74, 6) is -0.546. The van der Waals surface area contributed by atoms with Crippen LogP contribution < -0.4 is 0 Å². The molecular formula is C12H12N2O2. The fraction of sp³-hybridized carbons (Fsp3) is 0.167. The highest BCUT2D eigenvalue weighted by atomic mass is 16.2. The number of nitrogens with zero attached hydrogens (tertiary/aromatic N) is 2. The zero-order chi connectivity index (χ0) is 11.7. The Morgan fingerprint density at radius 1 is 1.25 bits per heavy atom. The summed E-state index contributed by atoms with van der Waals surface area (Å²) in [6.07, 6.45) is 1.64. The predicted molar refractivity (Wildman–Crippen MR) is 59.8 cm³/mol. The van der Waals surface area contributed by atoms with Crippen molar-refractivity contribution in [2.24, 2.45) is 0 Å². The van der Waals surface area contributed by atoms with Crippen LogP contribution in [0.1, 0.15) is 20.7 Å².